The highest BCUT2D eigenvalue weighted by Gasteiger charge is 2.10. The van der Waals surface area contributed by atoms with Crippen LogP contribution in [0.2, 0.25) is 0 Å². The van der Waals surface area contributed by atoms with Crippen molar-refractivity contribution in [2.75, 3.05) is 26.2 Å². The van der Waals surface area contributed by atoms with Gasteiger partial charge in [0.1, 0.15) is 5.52 Å². The molecule has 0 radical (unpaired) electrons. The topological polar surface area (TPSA) is 67.3 Å². The number of benzene rings is 1. The Labute approximate surface area is 112 Å². The van der Waals surface area contributed by atoms with Crippen LogP contribution in [0, 0.1) is 0 Å². The van der Waals surface area contributed by atoms with Crippen molar-refractivity contribution < 1.29 is 4.42 Å². The van der Waals surface area contributed by atoms with Crippen LogP contribution in [0.15, 0.2) is 22.6 Å². The third-order valence-electron chi connectivity index (χ3n) is 3.51. The SMILES string of the molecule is NCc1nc2cc(CN3CCCNCC3)ccc2o1. The summed E-state index contributed by atoms with van der Waals surface area (Å²) >= 11 is 0. The van der Waals surface area contributed by atoms with Crippen molar-refractivity contribution in [3.05, 3.63) is 29.7 Å². The maximum absolute atomic E-state index is 5.55. The van der Waals surface area contributed by atoms with Gasteiger partial charge in [-0.25, -0.2) is 4.98 Å². The van der Waals surface area contributed by atoms with Crippen LogP contribution >= 0.6 is 0 Å². The molecule has 0 spiro atoms. The van der Waals surface area contributed by atoms with Crippen LogP contribution in [0.1, 0.15) is 17.9 Å². The molecule has 3 N–H and O–H groups in total. The highest BCUT2D eigenvalue weighted by atomic mass is 16.3. The average molecular weight is 260 g/mol. The number of nitrogens with two attached hydrogens (primary N) is 1. The normalized spacial score (nSPS) is 17.7. The molecule has 5 nitrogen and oxygen atoms in total. The summed E-state index contributed by atoms with van der Waals surface area (Å²) in [5.74, 6) is 0.603. The first kappa shape index (κ1) is 12.6. The van der Waals surface area contributed by atoms with Crippen molar-refractivity contribution in [2.24, 2.45) is 5.73 Å². The number of nitrogens with one attached hydrogen (secondary N) is 1. The third-order valence-corrected chi connectivity index (χ3v) is 3.51. The summed E-state index contributed by atoms with van der Waals surface area (Å²) in [5.41, 5.74) is 8.56. The molecule has 0 atom stereocenters. The summed E-state index contributed by atoms with van der Waals surface area (Å²) in [7, 11) is 0. The van der Waals surface area contributed by atoms with E-state index in [2.05, 4.69) is 27.3 Å². The van der Waals surface area contributed by atoms with Crippen molar-refractivity contribution in [1.29, 1.82) is 0 Å². The fourth-order valence-electron chi connectivity index (χ4n) is 2.52. The molecule has 0 saturated carbocycles. The zero-order valence-electron chi connectivity index (χ0n) is 11.1. The van der Waals surface area contributed by atoms with E-state index in [0.717, 1.165) is 43.8 Å². The molecule has 0 amide bonds. The Bertz CT molecular complexity index is 543. The Morgan fingerprint density at radius 2 is 2.26 bits per heavy atom. The van der Waals surface area contributed by atoms with Gasteiger partial charge in [-0.3, -0.25) is 4.90 Å². The van der Waals surface area contributed by atoms with Crippen molar-refractivity contribution in [3.63, 3.8) is 0 Å². The van der Waals surface area contributed by atoms with E-state index >= 15 is 0 Å². The van der Waals surface area contributed by atoms with Gasteiger partial charge in [-0.15, -0.1) is 0 Å². The van der Waals surface area contributed by atoms with E-state index in [4.69, 9.17) is 10.2 Å². The van der Waals surface area contributed by atoms with Gasteiger partial charge in [0, 0.05) is 19.6 Å². The van der Waals surface area contributed by atoms with Crippen LogP contribution in [0.25, 0.3) is 11.1 Å². The minimum atomic E-state index is 0.349. The average Bonchev–Trinajstić information content (AvgIpc) is 2.67. The molecule has 0 aliphatic carbocycles. The number of hydrogen-bond donors (Lipinski definition) is 2. The van der Waals surface area contributed by atoms with Crippen LogP contribution in [-0.4, -0.2) is 36.1 Å². The van der Waals surface area contributed by atoms with Gasteiger partial charge in [0.25, 0.3) is 0 Å². The number of oxazole rings is 1. The minimum absolute atomic E-state index is 0.349. The van der Waals surface area contributed by atoms with E-state index < -0.39 is 0 Å². The molecular formula is C14H20N4O. The Morgan fingerprint density at radius 3 is 3.16 bits per heavy atom. The lowest BCUT2D eigenvalue weighted by Gasteiger charge is -2.19. The molecule has 1 aliphatic heterocycles. The van der Waals surface area contributed by atoms with E-state index in [1.807, 2.05) is 6.07 Å². The smallest absolute Gasteiger partial charge is 0.209 e. The van der Waals surface area contributed by atoms with E-state index in [1.54, 1.807) is 0 Å². The van der Waals surface area contributed by atoms with Crippen LogP contribution < -0.4 is 11.1 Å². The van der Waals surface area contributed by atoms with Gasteiger partial charge >= 0.3 is 0 Å². The summed E-state index contributed by atoms with van der Waals surface area (Å²) in [6.07, 6.45) is 1.21. The number of fused-ring (bicyclic) bond motifs is 1. The van der Waals surface area contributed by atoms with Crippen molar-refractivity contribution >= 4 is 11.1 Å². The van der Waals surface area contributed by atoms with E-state index in [-0.39, 0.29) is 0 Å². The predicted molar refractivity (Wildman–Crippen MR) is 74.7 cm³/mol. The maximum Gasteiger partial charge on any atom is 0.209 e. The number of hydrogen-bond acceptors (Lipinski definition) is 5. The Kier molecular flexibility index (Phi) is 3.77. The number of aromatic nitrogens is 1. The van der Waals surface area contributed by atoms with Gasteiger partial charge in [0.15, 0.2) is 5.58 Å². The van der Waals surface area contributed by atoms with E-state index in [0.29, 0.717) is 12.4 Å². The lowest BCUT2D eigenvalue weighted by molar-refractivity contribution is 0.284. The molecule has 1 fully saturated rings. The largest absolute Gasteiger partial charge is 0.439 e. The fourth-order valence-corrected chi connectivity index (χ4v) is 2.52. The molecule has 2 heterocycles. The second-order valence-corrected chi connectivity index (χ2v) is 4.99. The van der Waals surface area contributed by atoms with Crippen molar-refractivity contribution in [1.82, 2.24) is 15.2 Å². The molecule has 1 aromatic heterocycles. The lowest BCUT2D eigenvalue weighted by atomic mass is 10.2. The second kappa shape index (κ2) is 5.69. The summed E-state index contributed by atoms with van der Waals surface area (Å²) in [6.45, 7) is 5.77. The molecule has 19 heavy (non-hydrogen) atoms. The van der Waals surface area contributed by atoms with Crippen LogP contribution in [0.3, 0.4) is 0 Å². The molecule has 0 bridgehead atoms. The number of nitrogens with zero attached hydrogens (tertiary/aromatic N) is 2. The zero-order valence-corrected chi connectivity index (χ0v) is 11.1. The monoisotopic (exact) mass is 260 g/mol. The molecule has 5 heteroatoms. The highest BCUT2D eigenvalue weighted by molar-refractivity contribution is 5.73. The standard InChI is InChI=1S/C14H20N4O/c15-9-14-17-12-8-11(2-3-13(12)19-14)10-18-6-1-4-16-5-7-18/h2-3,8,16H,1,4-7,9-10,15H2. The molecule has 3 rings (SSSR count). The van der Waals surface area contributed by atoms with Gasteiger partial charge in [-0.05, 0) is 37.2 Å². The first-order valence-electron chi connectivity index (χ1n) is 6.86. The van der Waals surface area contributed by atoms with E-state index in [1.165, 1.54) is 12.0 Å². The third kappa shape index (κ3) is 2.94. The summed E-state index contributed by atoms with van der Waals surface area (Å²) < 4.78 is 5.52. The van der Waals surface area contributed by atoms with Crippen LogP contribution in [0.4, 0.5) is 0 Å². The van der Waals surface area contributed by atoms with Crippen molar-refractivity contribution in [2.45, 2.75) is 19.5 Å². The van der Waals surface area contributed by atoms with Gasteiger partial charge in [-0.1, -0.05) is 6.07 Å². The zero-order chi connectivity index (χ0) is 13.1. The maximum atomic E-state index is 5.55. The van der Waals surface area contributed by atoms with Crippen LogP contribution in [-0.2, 0) is 13.1 Å². The summed E-state index contributed by atoms with van der Waals surface area (Å²) in [6, 6.07) is 6.22. The minimum Gasteiger partial charge on any atom is -0.439 e. The van der Waals surface area contributed by atoms with Gasteiger partial charge < -0.3 is 15.5 Å². The molecule has 2 aromatic rings. The quantitative estimate of drug-likeness (QED) is 0.864. The Balaban J connectivity index is 1.76. The van der Waals surface area contributed by atoms with E-state index in [9.17, 15) is 0 Å². The molecule has 0 unspecified atom stereocenters. The molecule has 102 valence electrons. The Hall–Kier alpha value is -1.43. The lowest BCUT2D eigenvalue weighted by Crippen LogP contribution is -2.27. The molecule has 1 saturated heterocycles. The first-order valence-corrected chi connectivity index (χ1v) is 6.86. The van der Waals surface area contributed by atoms with Crippen molar-refractivity contribution in [3.8, 4) is 0 Å². The number of rotatable bonds is 3. The summed E-state index contributed by atoms with van der Waals surface area (Å²) in [5, 5.41) is 3.42. The summed E-state index contributed by atoms with van der Waals surface area (Å²) in [4.78, 5) is 6.86. The molecule has 1 aromatic carbocycles. The van der Waals surface area contributed by atoms with Gasteiger partial charge in [0.2, 0.25) is 5.89 Å². The fraction of sp³-hybridized carbons (Fsp3) is 0.500. The Morgan fingerprint density at radius 1 is 1.32 bits per heavy atom. The second-order valence-electron chi connectivity index (χ2n) is 4.99. The van der Waals surface area contributed by atoms with Crippen LogP contribution in [0.5, 0.6) is 0 Å². The predicted octanol–water partition coefficient (Wildman–Crippen LogP) is 1.08. The van der Waals surface area contributed by atoms with Gasteiger partial charge in [0.05, 0.1) is 6.54 Å². The molecular weight excluding hydrogens is 240 g/mol. The molecule has 1 aliphatic rings. The first-order chi connectivity index (χ1) is 9.35. The highest BCUT2D eigenvalue weighted by Crippen LogP contribution is 2.18. The van der Waals surface area contributed by atoms with Gasteiger partial charge in [-0.2, -0.15) is 0 Å².